The minimum atomic E-state index is -0.386. The van der Waals surface area contributed by atoms with E-state index in [0.29, 0.717) is 18.1 Å². The molecule has 3 aromatic rings. The Labute approximate surface area is 133 Å². The first-order valence-corrected chi connectivity index (χ1v) is 7.19. The molecule has 0 aliphatic rings. The molecule has 0 bridgehead atoms. The molecule has 0 amide bonds. The normalized spacial score (nSPS) is 11.1. The Morgan fingerprint density at radius 1 is 1.30 bits per heavy atom. The van der Waals surface area contributed by atoms with E-state index in [-0.39, 0.29) is 10.6 Å². The number of nitro groups is 1. The number of hydrogen-bond donors (Lipinski definition) is 0. The smallest absolute Gasteiger partial charge is 0.333 e. The molecule has 23 heavy (non-hydrogen) atoms. The predicted molar refractivity (Wildman–Crippen MR) is 87.4 cm³/mol. The fourth-order valence-electron chi connectivity index (χ4n) is 2.90. The number of nitrogens with zero attached hydrogens (tertiary/aromatic N) is 6. The molecular formula is C15H18N6O2. The molecule has 0 unspecified atom stereocenters. The van der Waals surface area contributed by atoms with Gasteiger partial charge in [-0.15, -0.1) is 0 Å². The summed E-state index contributed by atoms with van der Waals surface area (Å²) in [5.74, 6) is 1.31. The monoisotopic (exact) mass is 314 g/mol. The highest BCUT2D eigenvalue weighted by molar-refractivity contribution is 5.75. The van der Waals surface area contributed by atoms with E-state index in [1.54, 1.807) is 18.9 Å². The summed E-state index contributed by atoms with van der Waals surface area (Å²) < 4.78 is 3.54. The first-order chi connectivity index (χ1) is 10.9. The predicted octanol–water partition coefficient (Wildman–Crippen LogP) is 2.16. The first kappa shape index (κ1) is 15.0. The van der Waals surface area contributed by atoms with Crippen molar-refractivity contribution in [3.63, 3.8) is 0 Å². The first-order valence-electron chi connectivity index (χ1n) is 7.19. The molecule has 2 heterocycles. The number of anilines is 1. The summed E-state index contributed by atoms with van der Waals surface area (Å²) in [5.41, 5.74) is 2.39. The molecule has 0 aliphatic heterocycles. The second-order valence-electron chi connectivity index (χ2n) is 5.57. The highest BCUT2D eigenvalue weighted by Gasteiger charge is 2.27. The summed E-state index contributed by atoms with van der Waals surface area (Å²) in [5, 5.41) is 15.5. The van der Waals surface area contributed by atoms with E-state index >= 15 is 0 Å². The maximum Gasteiger partial charge on any atom is 0.333 e. The van der Waals surface area contributed by atoms with Crippen LogP contribution in [0, 0.1) is 17.0 Å². The van der Waals surface area contributed by atoms with E-state index in [4.69, 9.17) is 0 Å². The van der Waals surface area contributed by atoms with Gasteiger partial charge in [-0.3, -0.25) is 10.1 Å². The Morgan fingerprint density at radius 2 is 2.00 bits per heavy atom. The second-order valence-corrected chi connectivity index (χ2v) is 5.57. The highest BCUT2D eigenvalue weighted by Crippen LogP contribution is 2.31. The van der Waals surface area contributed by atoms with Crippen LogP contribution in [0.1, 0.15) is 11.5 Å². The van der Waals surface area contributed by atoms with Gasteiger partial charge in [0.1, 0.15) is 11.5 Å². The van der Waals surface area contributed by atoms with E-state index in [9.17, 15) is 10.1 Å². The summed E-state index contributed by atoms with van der Waals surface area (Å²) in [7, 11) is 5.46. The molecule has 3 rings (SSSR count). The van der Waals surface area contributed by atoms with Crippen LogP contribution in [0.25, 0.3) is 11.0 Å². The minimum absolute atomic E-state index is 0.0359. The number of hydrogen-bond acceptors (Lipinski definition) is 5. The van der Waals surface area contributed by atoms with Crippen molar-refractivity contribution in [2.75, 3.05) is 11.9 Å². The summed E-state index contributed by atoms with van der Waals surface area (Å²) in [6.45, 7) is 2.09. The van der Waals surface area contributed by atoms with Crippen LogP contribution < -0.4 is 4.90 Å². The van der Waals surface area contributed by atoms with Crippen LogP contribution in [0.4, 0.5) is 11.5 Å². The average Bonchev–Trinajstić information content (AvgIpc) is 2.96. The molecule has 0 N–H and O–H groups in total. The fourth-order valence-corrected chi connectivity index (χ4v) is 2.90. The van der Waals surface area contributed by atoms with Gasteiger partial charge in [0.15, 0.2) is 0 Å². The van der Waals surface area contributed by atoms with Crippen molar-refractivity contribution in [1.82, 2.24) is 19.3 Å². The summed E-state index contributed by atoms with van der Waals surface area (Å²) in [4.78, 5) is 17.4. The van der Waals surface area contributed by atoms with Crippen molar-refractivity contribution in [3.05, 3.63) is 45.9 Å². The van der Waals surface area contributed by atoms with Crippen LogP contribution in [0.5, 0.6) is 0 Å². The minimum Gasteiger partial charge on any atom is -0.347 e. The van der Waals surface area contributed by atoms with Crippen LogP contribution >= 0.6 is 0 Å². The van der Waals surface area contributed by atoms with Gasteiger partial charge in [0.05, 0.1) is 22.5 Å². The van der Waals surface area contributed by atoms with Gasteiger partial charge in [-0.1, -0.05) is 12.1 Å². The van der Waals surface area contributed by atoms with Gasteiger partial charge in [0.2, 0.25) is 5.82 Å². The van der Waals surface area contributed by atoms with Gasteiger partial charge >= 0.3 is 5.69 Å². The molecule has 0 saturated carbocycles. The molecule has 0 fully saturated rings. The van der Waals surface area contributed by atoms with Gasteiger partial charge in [-0.05, 0) is 19.1 Å². The van der Waals surface area contributed by atoms with Gasteiger partial charge < -0.3 is 9.47 Å². The lowest BCUT2D eigenvalue weighted by atomic mass is 10.3. The molecule has 1 aromatic carbocycles. The number of aromatic nitrogens is 4. The van der Waals surface area contributed by atoms with Crippen molar-refractivity contribution in [3.8, 4) is 0 Å². The van der Waals surface area contributed by atoms with Crippen molar-refractivity contribution in [2.45, 2.75) is 13.5 Å². The molecule has 8 heteroatoms. The largest absolute Gasteiger partial charge is 0.347 e. The number of para-hydroxylation sites is 2. The van der Waals surface area contributed by atoms with E-state index in [0.717, 1.165) is 16.9 Å². The third-order valence-electron chi connectivity index (χ3n) is 3.96. The lowest BCUT2D eigenvalue weighted by Gasteiger charge is -2.18. The third kappa shape index (κ3) is 2.41. The summed E-state index contributed by atoms with van der Waals surface area (Å²) in [6.07, 6.45) is 0. The Balaban J connectivity index is 2.00. The van der Waals surface area contributed by atoms with Crippen LogP contribution in [0.2, 0.25) is 0 Å². The maximum atomic E-state index is 11.3. The van der Waals surface area contributed by atoms with Gasteiger partial charge in [0, 0.05) is 21.1 Å². The quantitative estimate of drug-likeness (QED) is 0.544. The van der Waals surface area contributed by atoms with Crippen LogP contribution in [0.15, 0.2) is 24.3 Å². The number of benzene rings is 1. The number of fused-ring (bicyclic) bond motifs is 1. The van der Waals surface area contributed by atoms with Crippen molar-refractivity contribution in [2.24, 2.45) is 14.1 Å². The van der Waals surface area contributed by atoms with E-state index in [2.05, 4.69) is 10.1 Å². The molecule has 0 spiro atoms. The summed E-state index contributed by atoms with van der Waals surface area (Å²) >= 11 is 0. The van der Waals surface area contributed by atoms with Crippen LogP contribution in [-0.4, -0.2) is 31.3 Å². The zero-order valence-corrected chi connectivity index (χ0v) is 13.5. The second kappa shape index (κ2) is 5.38. The van der Waals surface area contributed by atoms with Crippen LogP contribution in [-0.2, 0) is 20.6 Å². The van der Waals surface area contributed by atoms with Crippen LogP contribution in [0.3, 0.4) is 0 Å². The molecule has 0 saturated heterocycles. The molecular weight excluding hydrogens is 296 g/mol. The SMILES string of the molecule is Cc1nn(C)c(N(C)Cc2nc3ccccc3n2C)c1[N+](=O)[O-]. The molecule has 2 aromatic heterocycles. The topological polar surface area (TPSA) is 82.0 Å². The number of aryl methyl sites for hydroxylation is 3. The van der Waals surface area contributed by atoms with Gasteiger partial charge in [-0.25, -0.2) is 9.67 Å². The molecule has 0 radical (unpaired) electrons. The zero-order valence-electron chi connectivity index (χ0n) is 13.5. The Morgan fingerprint density at radius 3 is 2.65 bits per heavy atom. The van der Waals surface area contributed by atoms with Crippen molar-refractivity contribution < 1.29 is 4.92 Å². The Bertz CT molecular complexity index is 895. The Hall–Kier alpha value is -2.90. The van der Waals surface area contributed by atoms with E-state index < -0.39 is 0 Å². The zero-order chi connectivity index (χ0) is 16.7. The Kier molecular flexibility index (Phi) is 3.51. The average molecular weight is 314 g/mol. The molecule has 8 nitrogen and oxygen atoms in total. The molecule has 120 valence electrons. The molecule has 0 atom stereocenters. The third-order valence-corrected chi connectivity index (χ3v) is 3.96. The number of rotatable bonds is 4. The maximum absolute atomic E-state index is 11.3. The highest BCUT2D eigenvalue weighted by atomic mass is 16.6. The van der Waals surface area contributed by atoms with Crippen molar-refractivity contribution >= 4 is 22.5 Å². The standard InChI is InChI=1S/C15H18N6O2/c1-10-14(21(22)23)15(20(4)17-10)18(2)9-13-16-11-7-5-6-8-12(11)19(13)3/h5-8H,9H2,1-4H3. The summed E-state index contributed by atoms with van der Waals surface area (Å²) in [6, 6.07) is 7.86. The van der Waals surface area contributed by atoms with E-state index in [1.165, 1.54) is 4.68 Å². The van der Waals surface area contributed by atoms with Crippen molar-refractivity contribution in [1.29, 1.82) is 0 Å². The van der Waals surface area contributed by atoms with Gasteiger partial charge in [0.25, 0.3) is 0 Å². The van der Waals surface area contributed by atoms with Gasteiger partial charge in [-0.2, -0.15) is 5.10 Å². The lowest BCUT2D eigenvalue weighted by molar-refractivity contribution is -0.384. The molecule has 0 aliphatic carbocycles. The fraction of sp³-hybridized carbons (Fsp3) is 0.333. The number of imidazole rings is 1. The van der Waals surface area contributed by atoms with E-state index in [1.807, 2.05) is 42.9 Å². The lowest BCUT2D eigenvalue weighted by Crippen LogP contribution is -2.22.